The van der Waals surface area contributed by atoms with Gasteiger partial charge in [-0.1, -0.05) is 25.5 Å². The van der Waals surface area contributed by atoms with Gasteiger partial charge in [-0.25, -0.2) is 0 Å². The molecule has 2 heteroatoms. The van der Waals surface area contributed by atoms with Crippen LogP contribution >= 0.6 is 0 Å². The van der Waals surface area contributed by atoms with Crippen molar-refractivity contribution < 1.29 is 9.53 Å². The number of ether oxygens (including phenoxy) is 1. The van der Waals surface area contributed by atoms with Gasteiger partial charge < -0.3 is 4.74 Å². The van der Waals surface area contributed by atoms with Gasteiger partial charge in [0.05, 0.1) is 5.60 Å². The van der Waals surface area contributed by atoms with Crippen LogP contribution in [0.1, 0.15) is 52.9 Å². The van der Waals surface area contributed by atoms with Crippen molar-refractivity contribution in [1.29, 1.82) is 0 Å². The standard InChI is InChI=1S/C14H22O2/c1-4-12(15)13(5-2)16-14-8-10(3)6-7-11(14)9-14/h8,11,13H,4-7,9H2,1-3H3. The van der Waals surface area contributed by atoms with Gasteiger partial charge in [-0.2, -0.15) is 0 Å². The van der Waals surface area contributed by atoms with Crippen LogP contribution in [0.2, 0.25) is 0 Å². The van der Waals surface area contributed by atoms with E-state index in [0.717, 1.165) is 12.8 Å². The lowest BCUT2D eigenvalue weighted by Crippen LogP contribution is -2.31. The lowest BCUT2D eigenvalue weighted by Gasteiger charge is -2.25. The summed E-state index contributed by atoms with van der Waals surface area (Å²) in [5, 5.41) is 0. The van der Waals surface area contributed by atoms with Gasteiger partial charge in [0.15, 0.2) is 5.78 Å². The number of carbonyl (C=O) groups excluding carboxylic acids is 1. The summed E-state index contributed by atoms with van der Waals surface area (Å²) in [6.45, 7) is 6.12. The number of allylic oxidation sites excluding steroid dienone is 1. The highest BCUT2D eigenvalue weighted by atomic mass is 16.5. The van der Waals surface area contributed by atoms with Crippen molar-refractivity contribution >= 4 is 5.78 Å². The molecule has 90 valence electrons. The first-order valence-electron chi connectivity index (χ1n) is 6.50. The van der Waals surface area contributed by atoms with Crippen molar-refractivity contribution in [3.8, 4) is 0 Å². The number of hydrogen-bond donors (Lipinski definition) is 0. The Morgan fingerprint density at radius 2 is 2.38 bits per heavy atom. The molecule has 0 heterocycles. The van der Waals surface area contributed by atoms with Gasteiger partial charge in [-0.3, -0.25) is 4.79 Å². The minimum atomic E-state index is -0.183. The van der Waals surface area contributed by atoms with Crippen molar-refractivity contribution in [1.82, 2.24) is 0 Å². The van der Waals surface area contributed by atoms with Crippen LogP contribution < -0.4 is 0 Å². The predicted octanol–water partition coefficient (Wildman–Crippen LogP) is 3.26. The van der Waals surface area contributed by atoms with E-state index in [-0.39, 0.29) is 17.5 Å². The fourth-order valence-electron chi connectivity index (χ4n) is 2.79. The third kappa shape index (κ3) is 2.08. The highest BCUT2D eigenvalue weighted by Gasteiger charge is 2.56. The van der Waals surface area contributed by atoms with Crippen LogP contribution in [0.5, 0.6) is 0 Å². The van der Waals surface area contributed by atoms with Crippen LogP contribution in [0.25, 0.3) is 0 Å². The van der Waals surface area contributed by atoms with Gasteiger partial charge in [-0.05, 0) is 38.5 Å². The number of hydrogen-bond acceptors (Lipinski definition) is 2. The Morgan fingerprint density at radius 3 is 3.00 bits per heavy atom. The Kier molecular flexibility index (Phi) is 3.20. The number of rotatable bonds is 5. The highest BCUT2D eigenvalue weighted by Crippen LogP contribution is 2.55. The summed E-state index contributed by atoms with van der Waals surface area (Å²) >= 11 is 0. The zero-order valence-corrected chi connectivity index (χ0v) is 10.6. The summed E-state index contributed by atoms with van der Waals surface area (Å²) in [7, 11) is 0. The number of carbonyl (C=O) groups is 1. The molecule has 1 fully saturated rings. The maximum absolute atomic E-state index is 11.7. The Hall–Kier alpha value is -0.630. The minimum Gasteiger partial charge on any atom is -0.360 e. The Morgan fingerprint density at radius 1 is 1.62 bits per heavy atom. The monoisotopic (exact) mass is 222 g/mol. The summed E-state index contributed by atoms with van der Waals surface area (Å²) in [5.74, 6) is 0.925. The molecule has 2 nitrogen and oxygen atoms in total. The van der Waals surface area contributed by atoms with Crippen molar-refractivity contribution in [2.75, 3.05) is 0 Å². The summed E-state index contributed by atoms with van der Waals surface area (Å²) in [6, 6.07) is 0. The molecule has 0 radical (unpaired) electrons. The van der Waals surface area contributed by atoms with Gasteiger partial charge in [0.25, 0.3) is 0 Å². The lowest BCUT2D eigenvalue weighted by atomic mass is 9.98. The van der Waals surface area contributed by atoms with E-state index < -0.39 is 0 Å². The van der Waals surface area contributed by atoms with E-state index in [0.29, 0.717) is 12.3 Å². The average Bonchev–Trinajstić information content (AvgIpc) is 2.98. The number of fused-ring (bicyclic) bond motifs is 1. The van der Waals surface area contributed by atoms with E-state index in [1.165, 1.54) is 18.4 Å². The molecule has 0 aromatic rings. The van der Waals surface area contributed by atoms with Gasteiger partial charge in [0, 0.05) is 6.42 Å². The van der Waals surface area contributed by atoms with E-state index in [1.807, 2.05) is 13.8 Å². The molecular weight excluding hydrogens is 200 g/mol. The molecule has 2 aliphatic rings. The van der Waals surface area contributed by atoms with Gasteiger partial charge in [-0.15, -0.1) is 0 Å². The first kappa shape index (κ1) is 11.8. The molecule has 1 saturated carbocycles. The fraction of sp³-hybridized carbons (Fsp3) is 0.786. The normalized spacial score (nSPS) is 33.9. The maximum atomic E-state index is 11.7. The second-order valence-corrected chi connectivity index (χ2v) is 5.22. The topological polar surface area (TPSA) is 26.3 Å². The molecule has 0 aromatic carbocycles. The summed E-state index contributed by atoms with van der Waals surface area (Å²) < 4.78 is 6.10. The predicted molar refractivity (Wildman–Crippen MR) is 64.3 cm³/mol. The largest absolute Gasteiger partial charge is 0.360 e. The first-order chi connectivity index (χ1) is 7.61. The van der Waals surface area contributed by atoms with E-state index in [9.17, 15) is 4.79 Å². The molecule has 0 aromatic heterocycles. The molecule has 2 aliphatic carbocycles. The molecule has 2 rings (SSSR count). The second kappa shape index (κ2) is 4.33. The SMILES string of the molecule is CCC(=O)C(CC)OC12C=C(C)CCC1C2. The van der Waals surface area contributed by atoms with E-state index in [1.54, 1.807) is 0 Å². The summed E-state index contributed by atoms with van der Waals surface area (Å²) in [4.78, 5) is 11.7. The van der Waals surface area contributed by atoms with Crippen molar-refractivity contribution in [2.24, 2.45) is 5.92 Å². The first-order valence-corrected chi connectivity index (χ1v) is 6.50. The van der Waals surface area contributed by atoms with Crippen molar-refractivity contribution in [3.63, 3.8) is 0 Å². The number of Topliss-reactive ketones (excluding diaryl/α,β-unsaturated/α-hetero) is 1. The molecule has 0 aliphatic heterocycles. The molecule has 3 atom stereocenters. The zero-order chi connectivity index (χ0) is 11.8. The fourth-order valence-corrected chi connectivity index (χ4v) is 2.79. The van der Waals surface area contributed by atoms with Gasteiger partial charge in [0.1, 0.15) is 6.10 Å². The molecule has 0 saturated heterocycles. The second-order valence-electron chi connectivity index (χ2n) is 5.22. The number of ketones is 1. The quantitative estimate of drug-likeness (QED) is 0.667. The van der Waals surface area contributed by atoms with Gasteiger partial charge in [0.2, 0.25) is 0 Å². The van der Waals surface area contributed by atoms with Crippen LogP contribution in [0.15, 0.2) is 11.6 Å². The van der Waals surface area contributed by atoms with Crippen LogP contribution in [0, 0.1) is 5.92 Å². The molecule has 3 unspecified atom stereocenters. The van der Waals surface area contributed by atoms with Crippen LogP contribution in [0.4, 0.5) is 0 Å². The van der Waals surface area contributed by atoms with Crippen molar-refractivity contribution in [2.45, 2.75) is 64.6 Å². The third-order valence-corrected chi connectivity index (χ3v) is 3.91. The smallest absolute Gasteiger partial charge is 0.161 e. The van der Waals surface area contributed by atoms with Crippen molar-refractivity contribution in [3.05, 3.63) is 11.6 Å². The molecular formula is C14H22O2. The van der Waals surface area contributed by atoms with Crippen LogP contribution in [-0.2, 0) is 9.53 Å². The van der Waals surface area contributed by atoms with Gasteiger partial charge >= 0.3 is 0 Å². The van der Waals surface area contributed by atoms with Crippen LogP contribution in [-0.4, -0.2) is 17.5 Å². The average molecular weight is 222 g/mol. The highest BCUT2D eigenvalue weighted by molar-refractivity contribution is 5.82. The molecule has 0 bridgehead atoms. The van der Waals surface area contributed by atoms with E-state index in [4.69, 9.17) is 4.74 Å². The Bertz CT molecular complexity index is 319. The van der Waals surface area contributed by atoms with E-state index >= 15 is 0 Å². The molecule has 0 amide bonds. The summed E-state index contributed by atoms with van der Waals surface area (Å²) in [5.41, 5.74) is 1.36. The lowest BCUT2D eigenvalue weighted by molar-refractivity contribution is -0.134. The summed E-state index contributed by atoms with van der Waals surface area (Å²) in [6.07, 6.45) is 7.03. The Balaban J connectivity index is 2.04. The maximum Gasteiger partial charge on any atom is 0.161 e. The minimum absolute atomic E-state index is 0.0617. The Labute approximate surface area is 98.1 Å². The molecule has 0 spiro atoms. The molecule has 0 N–H and O–H groups in total. The molecule has 16 heavy (non-hydrogen) atoms. The van der Waals surface area contributed by atoms with Crippen LogP contribution in [0.3, 0.4) is 0 Å². The third-order valence-electron chi connectivity index (χ3n) is 3.91. The zero-order valence-electron chi connectivity index (χ0n) is 10.6. The van der Waals surface area contributed by atoms with E-state index in [2.05, 4.69) is 13.0 Å².